The van der Waals surface area contributed by atoms with Crippen LogP contribution in [-0.4, -0.2) is 48.1 Å². The summed E-state index contributed by atoms with van der Waals surface area (Å²) in [4.78, 5) is 16.7. The van der Waals surface area contributed by atoms with Gasteiger partial charge < -0.3 is 16.0 Å². The van der Waals surface area contributed by atoms with Crippen LogP contribution < -0.4 is 11.1 Å². The Balaban J connectivity index is 1.49. The minimum atomic E-state index is -0.00848. The third-order valence-electron chi connectivity index (χ3n) is 4.60. The van der Waals surface area contributed by atoms with Crippen LogP contribution in [0.5, 0.6) is 0 Å². The Bertz CT molecular complexity index is 474. The lowest BCUT2D eigenvalue weighted by Crippen LogP contribution is -2.52. The number of piperazine rings is 1. The summed E-state index contributed by atoms with van der Waals surface area (Å²) in [6, 6.07) is 8.02. The average molecular weight is 288 g/mol. The van der Waals surface area contributed by atoms with Crippen LogP contribution in [0.15, 0.2) is 24.3 Å². The SMILES string of the molecule is Nc1ccc(NC(=O)N2CCN(C3CCCC3)CC2)cc1. The molecule has 114 valence electrons. The van der Waals surface area contributed by atoms with E-state index in [2.05, 4.69) is 10.2 Å². The first-order valence-electron chi connectivity index (χ1n) is 7.88. The Morgan fingerprint density at radius 1 is 1.05 bits per heavy atom. The Hall–Kier alpha value is -1.75. The molecule has 1 aromatic carbocycles. The standard InChI is InChI=1S/C16H24N4O/c17-13-5-7-14(8-6-13)18-16(21)20-11-9-19(10-12-20)15-3-1-2-4-15/h5-8,15H,1-4,9-12,17H2,(H,18,21). The zero-order chi connectivity index (χ0) is 14.7. The molecule has 0 aromatic heterocycles. The number of nitrogens with one attached hydrogen (secondary N) is 1. The second kappa shape index (κ2) is 6.35. The summed E-state index contributed by atoms with van der Waals surface area (Å²) in [5.74, 6) is 0. The summed E-state index contributed by atoms with van der Waals surface area (Å²) >= 11 is 0. The van der Waals surface area contributed by atoms with Gasteiger partial charge in [0.15, 0.2) is 0 Å². The monoisotopic (exact) mass is 288 g/mol. The first-order chi connectivity index (χ1) is 10.2. The Morgan fingerprint density at radius 3 is 2.29 bits per heavy atom. The molecule has 1 saturated heterocycles. The molecular weight excluding hydrogens is 264 g/mol. The van der Waals surface area contributed by atoms with Crippen LogP contribution in [0, 0.1) is 0 Å². The molecule has 1 saturated carbocycles. The van der Waals surface area contributed by atoms with Crippen LogP contribution in [0.2, 0.25) is 0 Å². The molecule has 0 radical (unpaired) electrons. The highest BCUT2D eigenvalue weighted by Crippen LogP contribution is 2.24. The van der Waals surface area contributed by atoms with Gasteiger partial charge in [-0.05, 0) is 37.1 Å². The third-order valence-corrected chi connectivity index (χ3v) is 4.60. The van der Waals surface area contributed by atoms with Crippen LogP contribution in [0.25, 0.3) is 0 Å². The molecule has 1 aliphatic heterocycles. The van der Waals surface area contributed by atoms with Gasteiger partial charge in [0, 0.05) is 43.6 Å². The van der Waals surface area contributed by atoms with Crippen LogP contribution >= 0.6 is 0 Å². The lowest BCUT2D eigenvalue weighted by Gasteiger charge is -2.38. The normalized spacial score (nSPS) is 20.7. The molecule has 1 aromatic rings. The molecule has 2 aliphatic rings. The van der Waals surface area contributed by atoms with E-state index in [1.807, 2.05) is 17.0 Å². The van der Waals surface area contributed by atoms with Crippen molar-refractivity contribution in [2.24, 2.45) is 0 Å². The fourth-order valence-electron chi connectivity index (χ4n) is 3.33. The van der Waals surface area contributed by atoms with Crippen LogP contribution in [-0.2, 0) is 0 Å². The molecule has 3 N–H and O–H groups in total. The lowest BCUT2D eigenvalue weighted by molar-refractivity contribution is 0.115. The molecule has 3 rings (SSSR count). The maximum Gasteiger partial charge on any atom is 0.321 e. The largest absolute Gasteiger partial charge is 0.399 e. The third kappa shape index (κ3) is 3.47. The molecule has 21 heavy (non-hydrogen) atoms. The van der Waals surface area contributed by atoms with Gasteiger partial charge in [-0.25, -0.2) is 4.79 Å². The van der Waals surface area contributed by atoms with Crippen molar-refractivity contribution in [3.05, 3.63) is 24.3 Å². The fourth-order valence-corrected chi connectivity index (χ4v) is 3.33. The molecule has 5 nitrogen and oxygen atoms in total. The maximum atomic E-state index is 12.2. The first kappa shape index (κ1) is 14.2. The lowest BCUT2D eigenvalue weighted by atomic mass is 10.2. The van der Waals surface area contributed by atoms with Crippen LogP contribution in [0.1, 0.15) is 25.7 Å². The van der Waals surface area contributed by atoms with Crippen molar-refractivity contribution in [3.63, 3.8) is 0 Å². The van der Waals surface area contributed by atoms with Crippen molar-refractivity contribution in [1.82, 2.24) is 9.80 Å². The highest BCUT2D eigenvalue weighted by Gasteiger charge is 2.27. The number of rotatable bonds is 2. The zero-order valence-electron chi connectivity index (χ0n) is 12.4. The van der Waals surface area contributed by atoms with E-state index < -0.39 is 0 Å². The first-order valence-corrected chi connectivity index (χ1v) is 7.88. The topological polar surface area (TPSA) is 61.6 Å². The summed E-state index contributed by atoms with van der Waals surface area (Å²) < 4.78 is 0. The number of nitrogens with zero attached hydrogens (tertiary/aromatic N) is 2. The summed E-state index contributed by atoms with van der Waals surface area (Å²) in [6.45, 7) is 3.63. The predicted octanol–water partition coefficient (Wildman–Crippen LogP) is 2.36. The van der Waals surface area contributed by atoms with Crippen molar-refractivity contribution in [3.8, 4) is 0 Å². The summed E-state index contributed by atoms with van der Waals surface area (Å²) in [5, 5.41) is 2.94. The molecule has 2 fully saturated rings. The fraction of sp³-hybridized carbons (Fsp3) is 0.562. The van der Waals surface area contributed by atoms with Gasteiger partial charge in [0.1, 0.15) is 0 Å². The number of hydrogen-bond donors (Lipinski definition) is 2. The maximum absolute atomic E-state index is 12.2. The van der Waals surface area contributed by atoms with Crippen molar-refractivity contribution in [2.75, 3.05) is 37.2 Å². The molecular formula is C16H24N4O. The van der Waals surface area contributed by atoms with Gasteiger partial charge in [-0.3, -0.25) is 4.90 Å². The Morgan fingerprint density at radius 2 is 1.67 bits per heavy atom. The van der Waals surface area contributed by atoms with E-state index >= 15 is 0 Å². The summed E-state index contributed by atoms with van der Waals surface area (Å²) in [7, 11) is 0. The minimum Gasteiger partial charge on any atom is -0.399 e. The van der Waals surface area contributed by atoms with E-state index in [1.54, 1.807) is 12.1 Å². The van der Waals surface area contributed by atoms with E-state index in [1.165, 1.54) is 25.7 Å². The molecule has 1 aliphatic carbocycles. The second-order valence-corrected chi connectivity index (χ2v) is 6.01. The van der Waals surface area contributed by atoms with Gasteiger partial charge in [0.05, 0.1) is 0 Å². The number of hydrogen-bond acceptors (Lipinski definition) is 3. The molecule has 1 heterocycles. The molecule has 5 heteroatoms. The van der Waals surface area contributed by atoms with Gasteiger partial charge in [0.25, 0.3) is 0 Å². The number of nitrogens with two attached hydrogens (primary N) is 1. The molecule has 0 atom stereocenters. The highest BCUT2D eigenvalue weighted by atomic mass is 16.2. The van der Waals surface area contributed by atoms with Gasteiger partial charge in [-0.2, -0.15) is 0 Å². The highest BCUT2D eigenvalue weighted by molar-refractivity contribution is 5.89. The van der Waals surface area contributed by atoms with Crippen molar-refractivity contribution in [2.45, 2.75) is 31.7 Å². The predicted molar refractivity (Wildman–Crippen MR) is 85.3 cm³/mol. The Kier molecular flexibility index (Phi) is 4.29. The number of anilines is 2. The molecule has 0 spiro atoms. The number of amides is 2. The number of carbonyl (C=O) groups is 1. The van der Waals surface area contributed by atoms with E-state index in [0.717, 1.165) is 37.9 Å². The number of urea groups is 1. The summed E-state index contributed by atoms with van der Waals surface area (Å²) in [6.07, 6.45) is 5.39. The van der Waals surface area contributed by atoms with Gasteiger partial charge >= 0.3 is 6.03 Å². The zero-order valence-corrected chi connectivity index (χ0v) is 12.4. The van der Waals surface area contributed by atoms with Crippen molar-refractivity contribution < 1.29 is 4.79 Å². The number of nitrogen functional groups attached to an aromatic ring is 1. The number of benzene rings is 1. The number of carbonyl (C=O) groups excluding carboxylic acids is 1. The van der Waals surface area contributed by atoms with Crippen LogP contribution in [0.4, 0.5) is 16.2 Å². The van der Waals surface area contributed by atoms with Gasteiger partial charge in [0.2, 0.25) is 0 Å². The average Bonchev–Trinajstić information content (AvgIpc) is 3.04. The van der Waals surface area contributed by atoms with E-state index in [9.17, 15) is 4.79 Å². The van der Waals surface area contributed by atoms with E-state index in [4.69, 9.17) is 5.73 Å². The molecule has 0 unspecified atom stereocenters. The minimum absolute atomic E-state index is 0.00848. The van der Waals surface area contributed by atoms with Crippen molar-refractivity contribution in [1.29, 1.82) is 0 Å². The smallest absolute Gasteiger partial charge is 0.321 e. The summed E-state index contributed by atoms with van der Waals surface area (Å²) in [5.41, 5.74) is 7.15. The van der Waals surface area contributed by atoms with E-state index in [0.29, 0.717) is 5.69 Å². The quantitative estimate of drug-likeness (QED) is 0.821. The Labute approximate surface area is 126 Å². The van der Waals surface area contributed by atoms with Gasteiger partial charge in [-0.15, -0.1) is 0 Å². The van der Waals surface area contributed by atoms with Crippen molar-refractivity contribution >= 4 is 17.4 Å². The van der Waals surface area contributed by atoms with Crippen LogP contribution in [0.3, 0.4) is 0 Å². The van der Waals surface area contributed by atoms with Gasteiger partial charge in [-0.1, -0.05) is 12.8 Å². The second-order valence-electron chi connectivity index (χ2n) is 6.01. The molecule has 2 amide bonds. The molecule has 0 bridgehead atoms. The van der Waals surface area contributed by atoms with E-state index in [-0.39, 0.29) is 6.03 Å².